The minimum absolute atomic E-state index is 0.0758. The monoisotopic (exact) mass is 284 g/mol. The fraction of sp³-hybridized carbons (Fsp3) is 0.684. The van der Waals surface area contributed by atoms with Crippen molar-refractivity contribution in [2.45, 2.75) is 52.4 Å². The molecule has 112 valence electrons. The summed E-state index contributed by atoms with van der Waals surface area (Å²) in [7, 11) is 0. The fourth-order valence-corrected chi connectivity index (χ4v) is 5.77. The normalized spacial score (nSPS) is 48.5. The lowest BCUT2D eigenvalue weighted by Gasteiger charge is -2.54. The van der Waals surface area contributed by atoms with E-state index in [2.05, 4.69) is 26.0 Å². The third kappa shape index (κ3) is 1.65. The Morgan fingerprint density at radius 1 is 1.00 bits per heavy atom. The quantitative estimate of drug-likeness (QED) is 0.677. The van der Waals surface area contributed by atoms with E-state index in [1.165, 1.54) is 5.57 Å². The van der Waals surface area contributed by atoms with Crippen LogP contribution in [-0.4, -0.2) is 11.6 Å². The van der Waals surface area contributed by atoms with Crippen LogP contribution in [0.2, 0.25) is 0 Å². The summed E-state index contributed by atoms with van der Waals surface area (Å²) >= 11 is 0. The van der Waals surface area contributed by atoms with Gasteiger partial charge in [0.05, 0.1) is 0 Å². The summed E-state index contributed by atoms with van der Waals surface area (Å²) in [5.41, 5.74) is 1.32. The summed E-state index contributed by atoms with van der Waals surface area (Å²) < 4.78 is 0. The van der Waals surface area contributed by atoms with E-state index in [1.54, 1.807) is 0 Å². The van der Waals surface area contributed by atoms with Gasteiger partial charge in [-0.3, -0.25) is 9.59 Å². The number of hydrogen-bond donors (Lipinski definition) is 0. The smallest absolute Gasteiger partial charge is 0.156 e. The Labute approximate surface area is 126 Å². The molecule has 2 heteroatoms. The Morgan fingerprint density at radius 3 is 2.57 bits per heavy atom. The number of carbonyl (C=O) groups excluding carboxylic acids is 2. The molecular formula is C19H24O2. The van der Waals surface area contributed by atoms with Crippen molar-refractivity contribution in [3.8, 4) is 0 Å². The standard InChI is InChI=1S/C19H24O2/c1-18-9-7-13(20)11-12(18)3-4-14-15-5-6-17(21)19(15,2)10-8-16(14)18/h3-4,11,14-16H,5-10H2,1-2H3/t14-,15-,16-,18-,19-/m0/s1. The fourth-order valence-electron chi connectivity index (χ4n) is 5.77. The molecule has 4 aliphatic carbocycles. The molecule has 0 aromatic heterocycles. The molecule has 5 atom stereocenters. The highest BCUT2D eigenvalue weighted by atomic mass is 16.1. The number of ketones is 2. The number of hydrogen-bond acceptors (Lipinski definition) is 2. The van der Waals surface area contributed by atoms with E-state index in [0.29, 0.717) is 30.0 Å². The first-order valence-corrected chi connectivity index (χ1v) is 8.42. The molecule has 4 rings (SSSR count). The van der Waals surface area contributed by atoms with Gasteiger partial charge in [-0.15, -0.1) is 0 Å². The SMILES string of the molecule is C[C@]12CCC(=O)C=C1C=C[C@@H]1[C@@H]2CC[C@]2(C)C(=O)CC[C@@H]12. The maximum atomic E-state index is 12.3. The molecule has 0 radical (unpaired) electrons. The van der Waals surface area contributed by atoms with Gasteiger partial charge in [0.2, 0.25) is 0 Å². The van der Waals surface area contributed by atoms with E-state index in [9.17, 15) is 9.59 Å². The molecule has 0 amide bonds. The minimum Gasteiger partial charge on any atom is -0.299 e. The van der Waals surface area contributed by atoms with Crippen LogP contribution in [-0.2, 0) is 9.59 Å². The van der Waals surface area contributed by atoms with E-state index in [1.807, 2.05) is 6.08 Å². The van der Waals surface area contributed by atoms with Crippen LogP contribution in [0.1, 0.15) is 52.4 Å². The van der Waals surface area contributed by atoms with Gasteiger partial charge in [-0.25, -0.2) is 0 Å². The second-order valence-electron chi connectivity index (χ2n) is 8.05. The summed E-state index contributed by atoms with van der Waals surface area (Å²) in [6.45, 7) is 4.56. The predicted octanol–water partition coefficient (Wildman–Crippen LogP) is 3.86. The zero-order valence-corrected chi connectivity index (χ0v) is 13.0. The molecule has 0 aliphatic heterocycles. The van der Waals surface area contributed by atoms with Crippen LogP contribution in [0.5, 0.6) is 0 Å². The molecule has 0 heterocycles. The van der Waals surface area contributed by atoms with E-state index in [-0.39, 0.29) is 16.6 Å². The van der Waals surface area contributed by atoms with Gasteiger partial charge in [0.15, 0.2) is 5.78 Å². The van der Waals surface area contributed by atoms with Crippen LogP contribution in [0, 0.1) is 28.6 Å². The Kier molecular flexibility index (Phi) is 2.68. The van der Waals surface area contributed by atoms with Gasteiger partial charge >= 0.3 is 0 Å². The van der Waals surface area contributed by atoms with Gasteiger partial charge < -0.3 is 0 Å². The molecule has 2 nitrogen and oxygen atoms in total. The van der Waals surface area contributed by atoms with E-state index >= 15 is 0 Å². The second kappa shape index (κ2) is 4.18. The first-order chi connectivity index (χ1) is 9.95. The molecule has 21 heavy (non-hydrogen) atoms. The number of rotatable bonds is 0. The van der Waals surface area contributed by atoms with Gasteiger partial charge in [0, 0.05) is 18.3 Å². The second-order valence-corrected chi connectivity index (χ2v) is 8.05. The van der Waals surface area contributed by atoms with Crippen molar-refractivity contribution < 1.29 is 9.59 Å². The number of fused-ring (bicyclic) bond motifs is 5. The zero-order valence-electron chi connectivity index (χ0n) is 13.0. The number of carbonyl (C=O) groups is 2. The topological polar surface area (TPSA) is 34.1 Å². The van der Waals surface area contributed by atoms with Crippen LogP contribution < -0.4 is 0 Å². The molecule has 4 aliphatic rings. The van der Waals surface area contributed by atoms with Crippen molar-refractivity contribution in [2.24, 2.45) is 28.6 Å². The van der Waals surface area contributed by atoms with Crippen molar-refractivity contribution in [2.75, 3.05) is 0 Å². The van der Waals surface area contributed by atoms with Crippen molar-refractivity contribution in [1.29, 1.82) is 0 Å². The Bertz CT molecular complexity index is 584. The van der Waals surface area contributed by atoms with E-state index in [0.717, 1.165) is 32.1 Å². The number of allylic oxidation sites excluding steroid dienone is 4. The third-order valence-electron chi connectivity index (χ3n) is 7.22. The van der Waals surface area contributed by atoms with Crippen molar-refractivity contribution in [3.63, 3.8) is 0 Å². The maximum absolute atomic E-state index is 12.3. The van der Waals surface area contributed by atoms with Gasteiger partial charge in [0.1, 0.15) is 5.78 Å². The van der Waals surface area contributed by atoms with Crippen molar-refractivity contribution >= 4 is 11.6 Å². The highest BCUT2D eigenvalue weighted by Crippen LogP contribution is 2.62. The first-order valence-electron chi connectivity index (χ1n) is 8.42. The molecule has 0 N–H and O–H groups in total. The van der Waals surface area contributed by atoms with Crippen molar-refractivity contribution in [3.05, 3.63) is 23.8 Å². The molecule has 0 aromatic carbocycles. The summed E-state index contributed by atoms with van der Waals surface area (Å²) in [6, 6.07) is 0. The molecule has 2 saturated carbocycles. The Morgan fingerprint density at radius 2 is 1.76 bits per heavy atom. The van der Waals surface area contributed by atoms with E-state index in [4.69, 9.17) is 0 Å². The molecule has 0 unspecified atom stereocenters. The lowest BCUT2D eigenvalue weighted by Crippen LogP contribution is -2.49. The highest BCUT2D eigenvalue weighted by molar-refractivity contribution is 5.92. The average molecular weight is 284 g/mol. The Hall–Kier alpha value is -1.18. The average Bonchev–Trinajstić information content (AvgIpc) is 2.76. The largest absolute Gasteiger partial charge is 0.299 e. The van der Waals surface area contributed by atoms with E-state index < -0.39 is 0 Å². The van der Waals surface area contributed by atoms with Gasteiger partial charge in [-0.1, -0.05) is 26.0 Å². The summed E-state index contributed by atoms with van der Waals surface area (Å²) in [5, 5.41) is 0. The van der Waals surface area contributed by atoms with Crippen LogP contribution >= 0.6 is 0 Å². The lowest BCUT2D eigenvalue weighted by atomic mass is 9.49. The van der Waals surface area contributed by atoms with Gasteiger partial charge in [0.25, 0.3) is 0 Å². The molecule has 0 aromatic rings. The van der Waals surface area contributed by atoms with Crippen molar-refractivity contribution in [1.82, 2.24) is 0 Å². The molecule has 0 spiro atoms. The summed E-state index contributed by atoms with van der Waals surface area (Å²) in [6.07, 6.45) is 12.1. The van der Waals surface area contributed by atoms with Gasteiger partial charge in [-0.05, 0) is 60.5 Å². The Balaban J connectivity index is 1.77. The third-order valence-corrected chi connectivity index (χ3v) is 7.22. The maximum Gasteiger partial charge on any atom is 0.156 e. The summed E-state index contributed by atoms with van der Waals surface area (Å²) in [4.78, 5) is 24.1. The van der Waals surface area contributed by atoms with Crippen LogP contribution in [0.15, 0.2) is 23.8 Å². The van der Waals surface area contributed by atoms with Gasteiger partial charge in [-0.2, -0.15) is 0 Å². The number of Topliss-reactive ketones (excluding diaryl/α,β-unsaturated/α-hetero) is 1. The summed E-state index contributed by atoms with van der Waals surface area (Å²) in [5.74, 6) is 2.44. The minimum atomic E-state index is -0.0758. The predicted molar refractivity (Wildman–Crippen MR) is 81.6 cm³/mol. The van der Waals surface area contributed by atoms with Crippen LogP contribution in [0.3, 0.4) is 0 Å². The molecular weight excluding hydrogens is 260 g/mol. The lowest BCUT2D eigenvalue weighted by molar-refractivity contribution is -0.130. The van der Waals surface area contributed by atoms with Crippen LogP contribution in [0.4, 0.5) is 0 Å². The molecule has 0 saturated heterocycles. The first kappa shape index (κ1) is 13.5. The zero-order chi connectivity index (χ0) is 14.8. The molecule has 0 bridgehead atoms. The van der Waals surface area contributed by atoms with Crippen LogP contribution in [0.25, 0.3) is 0 Å². The highest BCUT2D eigenvalue weighted by Gasteiger charge is 2.57. The molecule has 2 fully saturated rings.